The van der Waals surface area contributed by atoms with E-state index in [1.54, 1.807) is 16.8 Å². The molecule has 0 bridgehead atoms. The van der Waals surface area contributed by atoms with Crippen molar-refractivity contribution in [2.24, 2.45) is 11.8 Å². The Hall–Kier alpha value is -2.51. The van der Waals surface area contributed by atoms with E-state index in [4.69, 9.17) is 0 Å². The van der Waals surface area contributed by atoms with Gasteiger partial charge >= 0.3 is 0 Å². The van der Waals surface area contributed by atoms with Gasteiger partial charge in [-0.05, 0) is 50.0 Å². The van der Waals surface area contributed by atoms with Crippen molar-refractivity contribution in [3.63, 3.8) is 0 Å². The molecule has 158 valence electrons. The molecule has 2 unspecified atom stereocenters. The number of anilines is 1. The lowest BCUT2D eigenvalue weighted by molar-refractivity contribution is 0.331. The summed E-state index contributed by atoms with van der Waals surface area (Å²) in [7, 11) is -3.17. The topological polar surface area (TPSA) is 121 Å². The molecule has 5 rings (SSSR count). The molecule has 2 aliphatic carbocycles. The van der Waals surface area contributed by atoms with Crippen molar-refractivity contribution in [1.82, 2.24) is 18.8 Å². The van der Waals surface area contributed by atoms with Gasteiger partial charge in [-0.2, -0.15) is 10.2 Å². The predicted molar refractivity (Wildman–Crippen MR) is 111 cm³/mol. The van der Waals surface area contributed by atoms with Crippen molar-refractivity contribution in [1.29, 1.82) is 5.26 Å². The van der Waals surface area contributed by atoms with E-state index in [0.717, 1.165) is 12.8 Å². The summed E-state index contributed by atoms with van der Waals surface area (Å²) in [6.45, 7) is 0.927. The summed E-state index contributed by atoms with van der Waals surface area (Å²) in [5.74, 6) is 1.82. The minimum absolute atomic E-state index is 0.0677. The van der Waals surface area contributed by atoms with Crippen LogP contribution in [-0.4, -0.2) is 52.6 Å². The molecule has 1 N–H and O–H groups in total. The van der Waals surface area contributed by atoms with Crippen LogP contribution < -0.4 is 10.9 Å². The molecular weight excluding hydrogens is 404 g/mol. The zero-order chi connectivity index (χ0) is 21.0. The number of fused-ring (bicyclic) bond motifs is 2. The maximum Gasteiger partial charge on any atom is 0.270 e. The van der Waals surface area contributed by atoms with E-state index in [1.165, 1.54) is 17.0 Å². The monoisotopic (exact) mass is 428 g/mol. The summed E-state index contributed by atoms with van der Waals surface area (Å²) < 4.78 is 26.6. The molecule has 3 heterocycles. The van der Waals surface area contributed by atoms with Crippen LogP contribution in [0.15, 0.2) is 17.1 Å². The Morgan fingerprint density at radius 3 is 2.53 bits per heavy atom. The van der Waals surface area contributed by atoms with E-state index in [0.29, 0.717) is 54.7 Å². The SMILES string of the molecule is CS(=O)(=O)N1CCC(Nc2ncc3cc(C#N)c(=O)n(C4CC5CC5C4)c3n2)CC1. The van der Waals surface area contributed by atoms with Gasteiger partial charge in [0.1, 0.15) is 17.3 Å². The van der Waals surface area contributed by atoms with Gasteiger partial charge in [-0.3, -0.25) is 9.36 Å². The van der Waals surface area contributed by atoms with Crippen molar-refractivity contribution < 1.29 is 8.42 Å². The van der Waals surface area contributed by atoms with E-state index < -0.39 is 10.0 Å². The Morgan fingerprint density at radius 1 is 1.20 bits per heavy atom. The van der Waals surface area contributed by atoms with Crippen molar-refractivity contribution in [3.8, 4) is 6.07 Å². The van der Waals surface area contributed by atoms with Crippen LogP contribution in [-0.2, 0) is 10.0 Å². The average Bonchev–Trinajstić information content (AvgIpc) is 3.32. The standard InChI is InChI=1S/C20H24N6O3S/c1-30(28,29)25-4-2-16(3-5-25)23-20-22-11-15-7-14(10-21)19(27)26(18(15)24-20)17-8-12-6-13(12)9-17/h7,11-13,16-17H,2-6,8-9H2,1H3,(H,22,23,24). The number of nitriles is 1. The molecule has 0 radical (unpaired) electrons. The number of aromatic nitrogens is 3. The van der Waals surface area contributed by atoms with Crippen LogP contribution >= 0.6 is 0 Å². The summed E-state index contributed by atoms with van der Waals surface area (Å²) in [5, 5.41) is 13.4. The molecule has 2 aromatic rings. The second-order valence-corrected chi connectivity index (χ2v) is 10.8. The zero-order valence-electron chi connectivity index (χ0n) is 16.8. The van der Waals surface area contributed by atoms with Crippen LogP contribution in [0.4, 0.5) is 5.95 Å². The van der Waals surface area contributed by atoms with Crippen molar-refractivity contribution >= 4 is 27.0 Å². The largest absolute Gasteiger partial charge is 0.351 e. The van der Waals surface area contributed by atoms with Gasteiger partial charge in [0.15, 0.2) is 0 Å². The number of nitrogens with zero attached hydrogens (tertiary/aromatic N) is 5. The summed E-state index contributed by atoms with van der Waals surface area (Å²) >= 11 is 0. The first kappa shape index (κ1) is 19.5. The minimum atomic E-state index is -3.17. The summed E-state index contributed by atoms with van der Waals surface area (Å²) in [4.78, 5) is 22.0. The first-order valence-corrected chi connectivity index (χ1v) is 12.2. The van der Waals surface area contributed by atoms with Gasteiger partial charge in [0.25, 0.3) is 5.56 Å². The smallest absolute Gasteiger partial charge is 0.270 e. The Balaban J connectivity index is 1.44. The van der Waals surface area contributed by atoms with Crippen molar-refractivity contribution in [2.45, 2.75) is 44.2 Å². The van der Waals surface area contributed by atoms with E-state index >= 15 is 0 Å². The fourth-order valence-corrected chi connectivity index (χ4v) is 5.89. The fourth-order valence-electron chi connectivity index (χ4n) is 5.02. The van der Waals surface area contributed by atoms with Gasteiger partial charge in [0.05, 0.1) is 6.26 Å². The second kappa shape index (κ2) is 7.03. The molecular formula is C20H24N6O3S. The number of hydrogen-bond donors (Lipinski definition) is 1. The van der Waals surface area contributed by atoms with E-state index in [-0.39, 0.29) is 23.2 Å². The highest BCUT2D eigenvalue weighted by atomic mass is 32.2. The fraction of sp³-hybridized carbons (Fsp3) is 0.600. The van der Waals surface area contributed by atoms with Gasteiger partial charge in [0.2, 0.25) is 16.0 Å². The molecule has 1 aliphatic heterocycles. The molecule has 0 spiro atoms. The molecule has 2 saturated carbocycles. The molecule has 30 heavy (non-hydrogen) atoms. The first-order chi connectivity index (χ1) is 14.3. The molecule has 2 atom stereocenters. The third-order valence-electron chi connectivity index (χ3n) is 6.73. The summed E-state index contributed by atoms with van der Waals surface area (Å²) in [6, 6.07) is 3.73. The summed E-state index contributed by atoms with van der Waals surface area (Å²) in [6.07, 6.45) is 7.39. The molecule has 2 aromatic heterocycles. The number of rotatable bonds is 4. The number of sulfonamides is 1. The Labute approximate surface area is 174 Å². The highest BCUT2D eigenvalue weighted by Crippen LogP contribution is 2.56. The van der Waals surface area contributed by atoms with Crippen LogP contribution in [0.1, 0.15) is 43.7 Å². The average molecular weight is 429 g/mol. The Morgan fingerprint density at radius 2 is 1.90 bits per heavy atom. The quantitative estimate of drug-likeness (QED) is 0.783. The van der Waals surface area contributed by atoms with E-state index in [2.05, 4.69) is 15.3 Å². The van der Waals surface area contributed by atoms with Crippen LogP contribution in [0.2, 0.25) is 0 Å². The van der Waals surface area contributed by atoms with Gasteiger partial charge in [-0.15, -0.1) is 0 Å². The lowest BCUT2D eigenvalue weighted by Gasteiger charge is -2.30. The highest BCUT2D eigenvalue weighted by Gasteiger charge is 2.47. The van der Waals surface area contributed by atoms with E-state index in [1.807, 2.05) is 6.07 Å². The first-order valence-electron chi connectivity index (χ1n) is 10.4. The zero-order valence-corrected chi connectivity index (χ0v) is 17.6. The molecule has 3 aliphatic rings. The number of piperidine rings is 1. The summed E-state index contributed by atoms with van der Waals surface area (Å²) in [5.41, 5.74) is 0.416. The van der Waals surface area contributed by atoms with Crippen molar-refractivity contribution in [3.05, 3.63) is 28.2 Å². The predicted octanol–water partition coefficient (Wildman–Crippen LogP) is 1.47. The Bertz CT molecular complexity index is 1200. The van der Waals surface area contributed by atoms with Gasteiger partial charge < -0.3 is 5.32 Å². The van der Waals surface area contributed by atoms with E-state index in [9.17, 15) is 18.5 Å². The van der Waals surface area contributed by atoms with Crippen LogP contribution in [0.3, 0.4) is 0 Å². The van der Waals surface area contributed by atoms with Crippen LogP contribution in [0, 0.1) is 23.2 Å². The lowest BCUT2D eigenvalue weighted by Crippen LogP contribution is -2.42. The molecule has 3 fully saturated rings. The second-order valence-electron chi connectivity index (χ2n) is 8.78. The molecule has 10 heteroatoms. The third kappa shape index (κ3) is 3.46. The normalized spacial score (nSPS) is 27.0. The maximum absolute atomic E-state index is 13.0. The lowest BCUT2D eigenvalue weighted by atomic mass is 10.1. The van der Waals surface area contributed by atoms with Crippen LogP contribution in [0.25, 0.3) is 11.0 Å². The van der Waals surface area contributed by atoms with Crippen LogP contribution in [0.5, 0.6) is 0 Å². The molecule has 1 saturated heterocycles. The van der Waals surface area contributed by atoms with Gasteiger partial charge in [-0.25, -0.2) is 17.7 Å². The maximum atomic E-state index is 13.0. The Kier molecular flexibility index (Phi) is 4.56. The van der Waals surface area contributed by atoms with Crippen molar-refractivity contribution in [2.75, 3.05) is 24.7 Å². The highest BCUT2D eigenvalue weighted by molar-refractivity contribution is 7.88. The minimum Gasteiger partial charge on any atom is -0.351 e. The number of nitrogens with one attached hydrogen (secondary N) is 1. The van der Waals surface area contributed by atoms with Gasteiger partial charge in [-0.1, -0.05) is 0 Å². The number of pyridine rings is 1. The third-order valence-corrected chi connectivity index (χ3v) is 8.04. The molecule has 0 amide bonds. The van der Waals surface area contributed by atoms with Gasteiger partial charge in [0, 0.05) is 36.8 Å². The molecule has 9 nitrogen and oxygen atoms in total. The number of hydrogen-bond acceptors (Lipinski definition) is 7. The molecule has 0 aromatic carbocycles.